The van der Waals surface area contributed by atoms with Crippen LogP contribution in [-0.2, 0) is 6.18 Å². The summed E-state index contributed by atoms with van der Waals surface area (Å²) in [4.78, 5) is 12.4. The Morgan fingerprint density at radius 3 is 2.50 bits per heavy atom. The van der Waals surface area contributed by atoms with Crippen LogP contribution in [0.1, 0.15) is 36.6 Å². The van der Waals surface area contributed by atoms with Gasteiger partial charge in [-0.25, -0.2) is 0 Å². The number of hydrogen-bond donors (Lipinski definition) is 1. The molecule has 1 atom stereocenters. The highest BCUT2D eigenvalue weighted by atomic mass is 32.2. The maximum absolute atomic E-state index is 13.0. The van der Waals surface area contributed by atoms with Crippen molar-refractivity contribution in [2.24, 2.45) is 5.73 Å². The van der Waals surface area contributed by atoms with Crippen molar-refractivity contribution in [2.75, 3.05) is 5.75 Å². The summed E-state index contributed by atoms with van der Waals surface area (Å²) < 4.78 is 44.7. The molecule has 120 valence electrons. The summed E-state index contributed by atoms with van der Waals surface area (Å²) in [6.07, 6.45) is -4.55. The third kappa shape index (κ3) is 3.01. The molecule has 0 aliphatic rings. The fourth-order valence-corrected chi connectivity index (χ4v) is 2.88. The predicted molar refractivity (Wildman–Crippen MR) is 81.2 cm³/mol. The van der Waals surface area contributed by atoms with Gasteiger partial charge in [0.05, 0.1) is 10.9 Å². The molecule has 0 spiro atoms. The van der Waals surface area contributed by atoms with Crippen LogP contribution in [-0.4, -0.2) is 5.75 Å². The van der Waals surface area contributed by atoms with Crippen molar-refractivity contribution in [3.05, 3.63) is 39.0 Å². The van der Waals surface area contributed by atoms with E-state index in [1.807, 2.05) is 6.92 Å². The lowest BCUT2D eigenvalue weighted by Crippen LogP contribution is -2.15. The number of fused-ring (bicyclic) bond motifs is 1. The largest absolute Gasteiger partial charge is 0.449 e. The maximum Gasteiger partial charge on any atom is 0.416 e. The first-order valence-corrected chi connectivity index (χ1v) is 7.72. The zero-order chi connectivity index (χ0) is 16.7. The summed E-state index contributed by atoms with van der Waals surface area (Å²) >= 11 is 1.33. The molecular formula is C15H16F3NO2S. The summed E-state index contributed by atoms with van der Waals surface area (Å²) in [6.45, 7) is 5.00. The molecule has 0 amide bonds. The van der Waals surface area contributed by atoms with E-state index in [9.17, 15) is 18.0 Å². The van der Waals surface area contributed by atoms with E-state index >= 15 is 0 Å². The third-order valence-corrected chi connectivity index (χ3v) is 4.24. The Bertz CT molecular complexity index is 766. The second-order valence-corrected chi connectivity index (χ2v) is 6.24. The van der Waals surface area contributed by atoms with Gasteiger partial charge in [0.2, 0.25) is 0 Å². The lowest BCUT2D eigenvalue weighted by Gasteiger charge is -2.15. The number of alkyl halides is 3. The first-order valence-electron chi connectivity index (χ1n) is 6.73. The zero-order valence-electron chi connectivity index (χ0n) is 12.4. The van der Waals surface area contributed by atoms with Gasteiger partial charge in [-0.05, 0) is 31.7 Å². The van der Waals surface area contributed by atoms with Crippen molar-refractivity contribution < 1.29 is 17.6 Å². The minimum atomic E-state index is -4.55. The van der Waals surface area contributed by atoms with Gasteiger partial charge in [0.25, 0.3) is 0 Å². The minimum Gasteiger partial charge on any atom is -0.449 e. The molecule has 2 aromatic rings. The molecule has 1 aromatic heterocycles. The van der Waals surface area contributed by atoms with Crippen LogP contribution in [0.5, 0.6) is 0 Å². The quantitative estimate of drug-likeness (QED) is 0.854. The van der Waals surface area contributed by atoms with Crippen LogP contribution in [0.15, 0.2) is 26.4 Å². The molecule has 1 aromatic carbocycles. The van der Waals surface area contributed by atoms with Gasteiger partial charge in [-0.1, -0.05) is 18.7 Å². The minimum absolute atomic E-state index is 0.0833. The van der Waals surface area contributed by atoms with E-state index in [2.05, 4.69) is 0 Å². The molecule has 0 aliphatic heterocycles. The van der Waals surface area contributed by atoms with E-state index < -0.39 is 23.2 Å². The van der Waals surface area contributed by atoms with E-state index in [1.54, 1.807) is 13.8 Å². The topological polar surface area (TPSA) is 56.2 Å². The van der Waals surface area contributed by atoms with Gasteiger partial charge in [-0.15, -0.1) is 0 Å². The van der Waals surface area contributed by atoms with E-state index in [0.717, 1.165) is 12.1 Å². The highest BCUT2D eigenvalue weighted by molar-refractivity contribution is 7.99. The molecule has 1 unspecified atom stereocenters. The Morgan fingerprint density at radius 1 is 1.36 bits per heavy atom. The van der Waals surface area contributed by atoms with Crippen LogP contribution in [0.3, 0.4) is 0 Å². The summed E-state index contributed by atoms with van der Waals surface area (Å²) in [6, 6.07) is 1.10. The molecular weight excluding hydrogens is 315 g/mol. The second kappa shape index (κ2) is 5.96. The van der Waals surface area contributed by atoms with Crippen molar-refractivity contribution >= 4 is 22.7 Å². The van der Waals surface area contributed by atoms with Crippen LogP contribution in [0.2, 0.25) is 0 Å². The number of benzene rings is 1. The average molecular weight is 331 g/mol. The monoisotopic (exact) mass is 331 g/mol. The van der Waals surface area contributed by atoms with E-state index in [0.29, 0.717) is 16.4 Å². The molecule has 1 heterocycles. The van der Waals surface area contributed by atoms with Gasteiger partial charge < -0.3 is 10.2 Å². The van der Waals surface area contributed by atoms with Crippen molar-refractivity contribution in [1.29, 1.82) is 0 Å². The molecule has 2 rings (SSSR count). The number of nitrogens with two attached hydrogens (primary N) is 1. The predicted octanol–water partition coefficient (Wildman–Crippen LogP) is 4.25. The summed E-state index contributed by atoms with van der Waals surface area (Å²) in [5.41, 5.74) is 5.05. The van der Waals surface area contributed by atoms with E-state index in [1.165, 1.54) is 11.8 Å². The molecule has 0 bridgehead atoms. The van der Waals surface area contributed by atoms with Crippen molar-refractivity contribution in [3.63, 3.8) is 0 Å². The van der Waals surface area contributed by atoms with Crippen LogP contribution in [0, 0.1) is 6.92 Å². The van der Waals surface area contributed by atoms with Crippen LogP contribution < -0.4 is 11.2 Å². The van der Waals surface area contributed by atoms with E-state index in [-0.39, 0.29) is 16.5 Å². The Balaban J connectivity index is 2.91. The summed E-state index contributed by atoms with van der Waals surface area (Å²) in [5.74, 6) is 0.684. The maximum atomic E-state index is 13.0. The lowest BCUT2D eigenvalue weighted by atomic mass is 10.0. The SMILES string of the molecule is CCSc1oc2c(C(C)N)cc(C(F)(F)F)cc2c(=O)c1C. The molecule has 2 N–H and O–H groups in total. The van der Waals surface area contributed by atoms with Crippen molar-refractivity contribution in [2.45, 2.75) is 38.1 Å². The number of hydrogen-bond acceptors (Lipinski definition) is 4. The molecule has 7 heteroatoms. The van der Waals surface area contributed by atoms with E-state index in [4.69, 9.17) is 10.2 Å². The number of halogens is 3. The molecule has 22 heavy (non-hydrogen) atoms. The highest BCUT2D eigenvalue weighted by Crippen LogP contribution is 2.35. The Hall–Kier alpha value is -1.47. The first-order chi connectivity index (χ1) is 10.2. The normalized spacial score (nSPS) is 13.6. The second-order valence-electron chi connectivity index (χ2n) is 5.01. The van der Waals surface area contributed by atoms with Crippen LogP contribution >= 0.6 is 11.8 Å². The average Bonchev–Trinajstić information content (AvgIpc) is 2.42. The molecule has 0 fully saturated rings. The zero-order valence-corrected chi connectivity index (χ0v) is 13.2. The lowest BCUT2D eigenvalue weighted by molar-refractivity contribution is -0.137. The Kier molecular flexibility index (Phi) is 4.58. The van der Waals surface area contributed by atoms with Crippen molar-refractivity contribution in [3.8, 4) is 0 Å². The molecule has 0 radical (unpaired) electrons. The summed E-state index contributed by atoms with van der Waals surface area (Å²) in [7, 11) is 0. The molecule has 0 saturated carbocycles. The Labute approximate surface area is 129 Å². The van der Waals surface area contributed by atoms with Crippen LogP contribution in [0.25, 0.3) is 11.0 Å². The van der Waals surface area contributed by atoms with Gasteiger partial charge in [-0.3, -0.25) is 4.79 Å². The smallest absolute Gasteiger partial charge is 0.416 e. The van der Waals surface area contributed by atoms with Gasteiger partial charge in [0, 0.05) is 17.2 Å². The first kappa shape index (κ1) is 16.9. The number of rotatable bonds is 3. The highest BCUT2D eigenvalue weighted by Gasteiger charge is 2.32. The fraction of sp³-hybridized carbons (Fsp3) is 0.400. The molecule has 0 aliphatic carbocycles. The summed E-state index contributed by atoms with van der Waals surface area (Å²) in [5, 5.41) is 0.335. The van der Waals surface area contributed by atoms with Crippen LogP contribution in [0.4, 0.5) is 13.2 Å². The van der Waals surface area contributed by atoms with Gasteiger partial charge in [0.15, 0.2) is 10.5 Å². The Morgan fingerprint density at radius 2 is 2.00 bits per heavy atom. The molecule has 0 saturated heterocycles. The van der Waals surface area contributed by atoms with Gasteiger partial charge in [-0.2, -0.15) is 13.2 Å². The number of thioether (sulfide) groups is 1. The third-order valence-electron chi connectivity index (χ3n) is 3.30. The van der Waals surface area contributed by atoms with Gasteiger partial charge >= 0.3 is 6.18 Å². The van der Waals surface area contributed by atoms with Gasteiger partial charge in [0.1, 0.15) is 5.58 Å². The standard InChI is InChI=1S/C15H16F3NO2S/c1-4-22-14-7(2)12(20)11-6-9(15(16,17)18)5-10(8(3)19)13(11)21-14/h5-6,8H,4,19H2,1-3H3. The fourth-order valence-electron chi connectivity index (χ4n) is 2.17. The molecule has 3 nitrogen and oxygen atoms in total. The van der Waals surface area contributed by atoms with Crippen molar-refractivity contribution in [1.82, 2.24) is 0 Å².